The Kier molecular flexibility index (Phi) is 43.7. The molecule has 0 aromatic carbocycles. The summed E-state index contributed by atoms with van der Waals surface area (Å²) in [7, 11) is -5.07. The maximum Gasteiger partial charge on any atom is 0.397 e. The van der Waals surface area contributed by atoms with Crippen LogP contribution in [0.2, 0.25) is 0 Å². The third-order valence-electron chi connectivity index (χ3n) is 11.7. The number of aliphatic hydroxyl groups excluding tert-OH is 3. The molecule has 1 aliphatic heterocycles. The van der Waals surface area contributed by atoms with Crippen molar-refractivity contribution in [3.05, 3.63) is 97.2 Å². The predicted molar refractivity (Wildman–Crippen MR) is 285 cm³/mol. The molecule has 6 atom stereocenters. The van der Waals surface area contributed by atoms with Crippen molar-refractivity contribution in [2.45, 2.75) is 230 Å². The number of hydrogen-bond donors (Lipinski definition) is 4. The van der Waals surface area contributed by atoms with E-state index in [0.29, 0.717) is 13.0 Å². The van der Waals surface area contributed by atoms with Crippen molar-refractivity contribution >= 4 is 16.4 Å². The van der Waals surface area contributed by atoms with Gasteiger partial charge in [0, 0.05) is 13.0 Å². The molecular weight excluding hydrogens is 909 g/mol. The summed E-state index contributed by atoms with van der Waals surface area (Å²) in [5, 5.41) is 30.8. The Bertz CT molecular complexity index is 1580. The molecule has 70 heavy (non-hydrogen) atoms. The third kappa shape index (κ3) is 39.6. The van der Waals surface area contributed by atoms with Crippen molar-refractivity contribution in [3.8, 4) is 0 Å². The predicted octanol–water partition coefficient (Wildman–Crippen LogP) is 13.0. The minimum Gasteiger partial charge on any atom is -0.457 e. The van der Waals surface area contributed by atoms with Gasteiger partial charge in [-0.15, -0.1) is 0 Å². The Hall–Kier alpha value is -2.98. The highest BCUT2D eigenvalue weighted by Gasteiger charge is 2.48. The van der Waals surface area contributed by atoms with E-state index in [1.807, 2.05) is 0 Å². The number of allylic oxidation sites excluding steroid dienone is 16. The third-order valence-corrected chi connectivity index (χ3v) is 12.2. The number of unbranched alkanes of at least 4 members (excludes halogenated alkanes) is 17. The van der Waals surface area contributed by atoms with Gasteiger partial charge in [-0.3, -0.25) is 9.35 Å². The van der Waals surface area contributed by atoms with Crippen LogP contribution in [0.15, 0.2) is 97.2 Å². The topological polar surface area (TPSA) is 178 Å². The molecule has 0 aromatic rings. The van der Waals surface area contributed by atoms with Crippen LogP contribution in [0.5, 0.6) is 0 Å². The molecule has 0 saturated carbocycles. The summed E-state index contributed by atoms with van der Waals surface area (Å²) in [5.74, 6) is -0.415. The zero-order chi connectivity index (χ0) is 51.0. The van der Waals surface area contributed by atoms with Crippen molar-refractivity contribution in [1.29, 1.82) is 0 Å². The summed E-state index contributed by atoms with van der Waals surface area (Å²) >= 11 is 0. The number of rotatable bonds is 46. The summed E-state index contributed by atoms with van der Waals surface area (Å²) in [6, 6.07) is 0. The summed E-state index contributed by atoms with van der Waals surface area (Å²) in [6.45, 7) is 3.81. The fraction of sp³-hybridized carbons (Fsp3) is 0.702. The molecule has 0 radical (unpaired) electrons. The van der Waals surface area contributed by atoms with Crippen molar-refractivity contribution in [1.82, 2.24) is 0 Å². The number of aliphatic hydroxyl groups is 3. The van der Waals surface area contributed by atoms with Crippen LogP contribution in [0.4, 0.5) is 0 Å². The number of carbonyl (C=O) groups excluding carboxylic acids is 1. The Labute approximate surface area is 425 Å². The van der Waals surface area contributed by atoms with E-state index in [0.717, 1.165) is 109 Å². The molecule has 4 N–H and O–H groups in total. The molecule has 0 bridgehead atoms. The Morgan fingerprint density at radius 1 is 0.557 bits per heavy atom. The molecule has 6 unspecified atom stereocenters. The molecule has 1 rings (SSSR count). The van der Waals surface area contributed by atoms with Crippen LogP contribution in [-0.4, -0.2) is 97.5 Å². The van der Waals surface area contributed by atoms with Crippen LogP contribution in [0.1, 0.15) is 194 Å². The SMILES string of the molecule is CC/C=C\C/C=C\C/C=C\C/C=C\C/C=C\C/C=C\CCCCCCCCCOCC(COC1OC(CO)C(O)C(OS(=O)(=O)O)C1O)OC(=O)CCCCCCCCC/C=C\C/C=C\CCCCC. The van der Waals surface area contributed by atoms with Crippen molar-refractivity contribution in [2.24, 2.45) is 0 Å². The fourth-order valence-electron chi connectivity index (χ4n) is 7.65. The van der Waals surface area contributed by atoms with Crippen LogP contribution in [0, 0.1) is 0 Å². The molecule has 1 heterocycles. The zero-order valence-electron chi connectivity index (χ0n) is 43.3. The van der Waals surface area contributed by atoms with Crippen LogP contribution in [0.25, 0.3) is 0 Å². The van der Waals surface area contributed by atoms with Gasteiger partial charge >= 0.3 is 16.4 Å². The molecule has 0 aromatic heterocycles. The van der Waals surface area contributed by atoms with Crippen molar-refractivity contribution in [2.75, 3.05) is 26.4 Å². The van der Waals surface area contributed by atoms with Crippen LogP contribution in [0.3, 0.4) is 0 Å². The van der Waals surface area contributed by atoms with Gasteiger partial charge in [0.25, 0.3) is 0 Å². The maximum atomic E-state index is 12.9. The molecular formula is C57H96O12S. The van der Waals surface area contributed by atoms with Gasteiger partial charge < -0.3 is 34.3 Å². The molecule has 402 valence electrons. The zero-order valence-corrected chi connectivity index (χ0v) is 44.1. The molecule has 0 aliphatic carbocycles. The Morgan fingerprint density at radius 3 is 1.44 bits per heavy atom. The minimum atomic E-state index is -5.07. The summed E-state index contributed by atoms with van der Waals surface area (Å²) in [6.07, 6.45) is 55.7. The quantitative estimate of drug-likeness (QED) is 0.0197. The van der Waals surface area contributed by atoms with E-state index in [1.54, 1.807) is 0 Å². The van der Waals surface area contributed by atoms with Gasteiger partial charge in [0.05, 0.1) is 19.8 Å². The van der Waals surface area contributed by atoms with Crippen LogP contribution >= 0.6 is 0 Å². The van der Waals surface area contributed by atoms with Crippen molar-refractivity contribution < 1.29 is 56.2 Å². The van der Waals surface area contributed by atoms with Gasteiger partial charge in [0.15, 0.2) is 6.29 Å². The first-order valence-corrected chi connectivity index (χ1v) is 28.4. The van der Waals surface area contributed by atoms with Gasteiger partial charge in [-0.2, -0.15) is 8.42 Å². The van der Waals surface area contributed by atoms with E-state index >= 15 is 0 Å². The van der Waals surface area contributed by atoms with Gasteiger partial charge in [-0.25, -0.2) is 4.18 Å². The highest BCUT2D eigenvalue weighted by atomic mass is 32.3. The van der Waals surface area contributed by atoms with E-state index in [2.05, 4.69) is 115 Å². The highest BCUT2D eigenvalue weighted by Crippen LogP contribution is 2.26. The molecule has 1 saturated heterocycles. The molecule has 13 heteroatoms. The summed E-state index contributed by atoms with van der Waals surface area (Å²) in [5.41, 5.74) is 0. The molecule has 0 amide bonds. The Balaban J connectivity index is 2.35. The lowest BCUT2D eigenvalue weighted by Crippen LogP contribution is -2.60. The first kappa shape index (κ1) is 65.0. The first-order chi connectivity index (χ1) is 34.1. The number of hydrogen-bond acceptors (Lipinski definition) is 11. The minimum absolute atomic E-state index is 0.0189. The lowest BCUT2D eigenvalue weighted by molar-refractivity contribution is -0.301. The fourth-order valence-corrected chi connectivity index (χ4v) is 8.16. The number of ether oxygens (including phenoxy) is 4. The average molecular weight is 1010 g/mol. The second-order valence-electron chi connectivity index (χ2n) is 18.1. The number of carbonyl (C=O) groups is 1. The van der Waals surface area contributed by atoms with Gasteiger partial charge in [0.2, 0.25) is 0 Å². The smallest absolute Gasteiger partial charge is 0.397 e. The van der Waals surface area contributed by atoms with Crippen molar-refractivity contribution in [3.63, 3.8) is 0 Å². The lowest BCUT2D eigenvalue weighted by atomic mass is 9.99. The Morgan fingerprint density at radius 2 is 0.986 bits per heavy atom. The summed E-state index contributed by atoms with van der Waals surface area (Å²) in [4.78, 5) is 12.9. The number of esters is 1. The second-order valence-corrected chi connectivity index (χ2v) is 19.1. The van der Waals surface area contributed by atoms with E-state index in [-0.39, 0.29) is 19.6 Å². The molecule has 1 fully saturated rings. The first-order valence-electron chi connectivity index (χ1n) is 27.0. The van der Waals surface area contributed by atoms with E-state index in [1.165, 1.54) is 57.8 Å². The van der Waals surface area contributed by atoms with Gasteiger partial charge in [-0.1, -0.05) is 188 Å². The summed E-state index contributed by atoms with van der Waals surface area (Å²) < 4.78 is 59.3. The van der Waals surface area contributed by atoms with Crippen LogP contribution < -0.4 is 0 Å². The standard InChI is InChI=1S/C57H96O12S/c1-3-5-7-9-11-13-15-17-19-21-22-23-24-25-26-27-28-29-31-33-35-37-39-41-43-45-47-65-49-51(50-66-57-55(61)56(69-70(62,63)64)54(60)52(48-58)68-57)67-53(59)46-44-42-40-38-36-34-32-30-20-18-16-14-12-10-8-6-4-2/h5,7,11-14,17-20,22-23,25-26,28-29,51-52,54-58,60-61H,3-4,6,8-10,15-16,21,24,27,30-50H2,1-2H3,(H,62,63,64)/b7-5-,13-11-,14-12-,19-17-,20-18-,23-22-,26-25-,29-28-. The molecule has 1 aliphatic rings. The van der Waals surface area contributed by atoms with E-state index in [4.69, 9.17) is 18.9 Å². The van der Waals surface area contributed by atoms with Gasteiger partial charge in [0.1, 0.15) is 30.5 Å². The van der Waals surface area contributed by atoms with Gasteiger partial charge in [-0.05, 0) is 96.3 Å². The van der Waals surface area contributed by atoms with Crippen LogP contribution in [-0.2, 0) is 38.3 Å². The van der Waals surface area contributed by atoms with E-state index < -0.39 is 59.8 Å². The lowest BCUT2D eigenvalue weighted by Gasteiger charge is -2.41. The average Bonchev–Trinajstić information content (AvgIpc) is 3.34. The monoisotopic (exact) mass is 1000 g/mol. The maximum absolute atomic E-state index is 12.9. The molecule has 0 spiro atoms. The normalized spacial score (nSPS) is 19.9. The molecule has 12 nitrogen and oxygen atoms in total. The van der Waals surface area contributed by atoms with E-state index in [9.17, 15) is 33.1 Å². The highest BCUT2D eigenvalue weighted by molar-refractivity contribution is 7.80. The largest absolute Gasteiger partial charge is 0.457 e. The second kappa shape index (κ2) is 47.1.